The minimum Gasteiger partial charge on any atom is -0.481 e. The van der Waals surface area contributed by atoms with Gasteiger partial charge in [-0.05, 0) is 19.3 Å². The molecule has 1 unspecified atom stereocenters. The molecule has 0 radical (unpaired) electrons. The zero-order chi connectivity index (χ0) is 12.8. The molecule has 0 fully saturated rings. The summed E-state index contributed by atoms with van der Waals surface area (Å²) in [6, 6.07) is 1.55. The fourth-order valence-electron chi connectivity index (χ4n) is 1.30. The summed E-state index contributed by atoms with van der Waals surface area (Å²) in [5.41, 5.74) is 0.243. The molecule has 1 aromatic heterocycles. The Hall–Kier alpha value is -1.85. The van der Waals surface area contributed by atoms with Crippen LogP contribution in [0.1, 0.15) is 36.0 Å². The first-order valence-corrected chi connectivity index (χ1v) is 5.42. The van der Waals surface area contributed by atoms with Gasteiger partial charge in [-0.3, -0.25) is 9.59 Å². The van der Waals surface area contributed by atoms with Gasteiger partial charge in [0.25, 0.3) is 5.91 Å². The second-order valence-electron chi connectivity index (χ2n) is 4.07. The number of carbonyl (C=O) groups is 2. The third kappa shape index (κ3) is 4.67. The number of aryl methyl sites for hydroxylation is 1. The molecule has 6 nitrogen and oxygen atoms in total. The van der Waals surface area contributed by atoms with E-state index >= 15 is 0 Å². The highest BCUT2D eigenvalue weighted by atomic mass is 16.5. The van der Waals surface area contributed by atoms with E-state index < -0.39 is 5.97 Å². The number of nitrogens with zero attached hydrogens (tertiary/aromatic N) is 1. The van der Waals surface area contributed by atoms with Gasteiger partial charge in [-0.2, -0.15) is 0 Å². The lowest BCUT2D eigenvalue weighted by atomic mass is 10.1. The maximum atomic E-state index is 11.6. The topological polar surface area (TPSA) is 92.4 Å². The largest absolute Gasteiger partial charge is 0.481 e. The van der Waals surface area contributed by atoms with Gasteiger partial charge in [-0.25, -0.2) is 0 Å². The fraction of sp³-hybridized carbons (Fsp3) is 0.545. The monoisotopic (exact) mass is 240 g/mol. The number of carbonyl (C=O) groups excluding carboxylic acids is 1. The summed E-state index contributed by atoms with van der Waals surface area (Å²) in [6.07, 6.45) is 0.646. The van der Waals surface area contributed by atoms with Crippen LogP contribution in [0.25, 0.3) is 0 Å². The molecule has 2 N–H and O–H groups in total. The first-order valence-electron chi connectivity index (χ1n) is 5.42. The second kappa shape index (κ2) is 6.03. The van der Waals surface area contributed by atoms with Crippen LogP contribution in [0.5, 0.6) is 0 Å². The number of amides is 1. The van der Waals surface area contributed by atoms with Crippen LogP contribution in [0.3, 0.4) is 0 Å². The zero-order valence-corrected chi connectivity index (χ0v) is 9.90. The van der Waals surface area contributed by atoms with Crippen LogP contribution in [-0.4, -0.2) is 28.7 Å². The first kappa shape index (κ1) is 13.2. The average molecular weight is 240 g/mol. The molecule has 0 aliphatic rings. The van der Waals surface area contributed by atoms with Crippen molar-refractivity contribution < 1.29 is 19.2 Å². The summed E-state index contributed by atoms with van der Waals surface area (Å²) in [5, 5.41) is 14.8. The van der Waals surface area contributed by atoms with Gasteiger partial charge in [0.15, 0.2) is 5.69 Å². The quantitative estimate of drug-likeness (QED) is 0.779. The Bertz CT molecular complexity index is 400. The highest BCUT2D eigenvalue weighted by Gasteiger charge is 2.12. The highest BCUT2D eigenvalue weighted by Crippen LogP contribution is 2.05. The summed E-state index contributed by atoms with van der Waals surface area (Å²) >= 11 is 0. The number of carboxylic acids is 1. The van der Waals surface area contributed by atoms with Crippen LogP contribution in [-0.2, 0) is 4.79 Å². The summed E-state index contributed by atoms with van der Waals surface area (Å²) in [5.74, 6) is -0.434. The molecule has 94 valence electrons. The Morgan fingerprint density at radius 3 is 2.82 bits per heavy atom. The predicted octanol–water partition coefficient (Wildman–Crippen LogP) is 1.21. The number of nitrogens with one attached hydrogen (secondary N) is 1. The fourth-order valence-corrected chi connectivity index (χ4v) is 1.30. The normalized spacial score (nSPS) is 12.1. The Labute approximate surface area is 99.0 Å². The number of hydrogen-bond acceptors (Lipinski definition) is 4. The lowest BCUT2D eigenvalue weighted by Gasteiger charge is -2.10. The Balaban J connectivity index is 2.30. The zero-order valence-electron chi connectivity index (χ0n) is 9.90. The highest BCUT2D eigenvalue weighted by molar-refractivity contribution is 5.92. The van der Waals surface area contributed by atoms with Crippen molar-refractivity contribution in [3.8, 4) is 0 Å². The molecular formula is C11H16N2O4. The number of aromatic nitrogens is 1. The number of rotatable bonds is 6. The maximum Gasteiger partial charge on any atom is 0.303 e. The van der Waals surface area contributed by atoms with Crippen molar-refractivity contribution in [2.24, 2.45) is 5.92 Å². The van der Waals surface area contributed by atoms with Crippen LogP contribution in [0, 0.1) is 12.8 Å². The van der Waals surface area contributed by atoms with Gasteiger partial charge >= 0.3 is 5.97 Å². The lowest BCUT2D eigenvalue weighted by Crippen LogP contribution is -2.28. The molecule has 0 bridgehead atoms. The number of carboxylic acid groups (broad SMARTS) is 1. The molecule has 1 atom stereocenters. The second-order valence-corrected chi connectivity index (χ2v) is 4.07. The summed E-state index contributed by atoms with van der Waals surface area (Å²) in [4.78, 5) is 21.9. The van der Waals surface area contributed by atoms with Gasteiger partial charge in [0, 0.05) is 19.0 Å². The molecule has 1 amide bonds. The lowest BCUT2D eigenvalue weighted by molar-refractivity contribution is -0.137. The van der Waals surface area contributed by atoms with Gasteiger partial charge in [0.1, 0.15) is 5.76 Å². The van der Waals surface area contributed by atoms with Gasteiger partial charge in [0.2, 0.25) is 0 Å². The summed E-state index contributed by atoms with van der Waals surface area (Å²) in [6.45, 7) is 4.02. The van der Waals surface area contributed by atoms with Crippen molar-refractivity contribution in [2.75, 3.05) is 6.54 Å². The van der Waals surface area contributed by atoms with E-state index in [9.17, 15) is 9.59 Å². The average Bonchev–Trinajstić information content (AvgIpc) is 2.70. The van der Waals surface area contributed by atoms with Gasteiger partial charge in [-0.15, -0.1) is 0 Å². The van der Waals surface area contributed by atoms with E-state index in [0.717, 1.165) is 0 Å². The molecule has 0 saturated carbocycles. The van der Waals surface area contributed by atoms with Crippen LogP contribution in [0.2, 0.25) is 0 Å². The van der Waals surface area contributed by atoms with Crippen molar-refractivity contribution in [1.82, 2.24) is 10.5 Å². The molecule has 0 aliphatic carbocycles. The van der Waals surface area contributed by atoms with Gasteiger partial charge in [-0.1, -0.05) is 12.1 Å². The van der Waals surface area contributed by atoms with Crippen LogP contribution in [0.15, 0.2) is 10.6 Å². The Morgan fingerprint density at radius 1 is 1.59 bits per heavy atom. The predicted molar refractivity (Wildman–Crippen MR) is 59.6 cm³/mol. The van der Waals surface area contributed by atoms with Crippen molar-refractivity contribution in [1.29, 1.82) is 0 Å². The van der Waals surface area contributed by atoms with E-state index in [2.05, 4.69) is 10.5 Å². The Kier molecular flexibility index (Phi) is 4.68. The molecule has 6 heteroatoms. The molecular weight excluding hydrogens is 224 g/mol. The number of hydrogen-bond donors (Lipinski definition) is 2. The first-order chi connectivity index (χ1) is 7.99. The molecule has 1 rings (SSSR count). The minimum absolute atomic E-state index is 0.111. The standard InChI is InChI=1S/C11H16N2O4/c1-7(3-4-10(14)15)6-12-11(16)9-5-8(2)17-13-9/h5,7H,3-4,6H2,1-2H3,(H,12,16)(H,14,15). The van der Waals surface area contributed by atoms with Crippen LogP contribution >= 0.6 is 0 Å². The smallest absolute Gasteiger partial charge is 0.303 e. The molecule has 0 aromatic carbocycles. The molecule has 0 spiro atoms. The van der Waals surface area contributed by atoms with E-state index in [4.69, 9.17) is 9.63 Å². The van der Waals surface area contributed by atoms with Crippen molar-refractivity contribution >= 4 is 11.9 Å². The van der Waals surface area contributed by atoms with Crippen LogP contribution < -0.4 is 5.32 Å². The number of aliphatic carboxylic acids is 1. The van der Waals surface area contributed by atoms with E-state index in [0.29, 0.717) is 18.7 Å². The van der Waals surface area contributed by atoms with Crippen molar-refractivity contribution in [2.45, 2.75) is 26.7 Å². The molecule has 1 heterocycles. The molecule has 0 aliphatic heterocycles. The van der Waals surface area contributed by atoms with E-state index in [1.807, 2.05) is 6.92 Å². The Morgan fingerprint density at radius 2 is 2.29 bits per heavy atom. The SMILES string of the molecule is Cc1cc(C(=O)NCC(C)CCC(=O)O)no1. The summed E-state index contributed by atoms with van der Waals surface area (Å²) < 4.78 is 4.78. The van der Waals surface area contributed by atoms with Gasteiger partial charge in [0.05, 0.1) is 0 Å². The van der Waals surface area contributed by atoms with Crippen molar-refractivity contribution in [3.63, 3.8) is 0 Å². The van der Waals surface area contributed by atoms with E-state index in [1.54, 1.807) is 13.0 Å². The van der Waals surface area contributed by atoms with E-state index in [1.165, 1.54) is 0 Å². The van der Waals surface area contributed by atoms with Crippen LogP contribution in [0.4, 0.5) is 0 Å². The summed E-state index contributed by atoms with van der Waals surface area (Å²) in [7, 11) is 0. The van der Waals surface area contributed by atoms with Crippen molar-refractivity contribution in [3.05, 3.63) is 17.5 Å². The molecule has 0 saturated heterocycles. The third-order valence-electron chi connectivity index (χ3n) is 2.32. The van der Waals surface area contributed by atoms with Gasteiger partial charge < -0.3 is 14.9 Å². The minimum atomic E-state index is -0.824. The van der Waals surface area contributed by atoms with E-state index in [-0.39, 0.29) is 23.9 Å². The third-order valence-corrected chi connectivity index (χ3v) is 2.32. The molecule has 1 aromatic rings. The maximum absolute atomic E-state index is 11.6. The molecule has 17 heavy (non-hydrogen) atoms.